The zero-order valence-corrected chi connectivity index (χ0v) is 23.2. The highest BCUT2D eigenvalue weighted by molar-refractivity contribution is 14.1. The number of aromatic hydroxyl groups is 1. The van der Waals surface area contributed by atoms with Crippen molar-refractivity contribution in [3.05, 3.63) is 91.7 Å². The van der Waals surface area contributed by atoms with Gasteiger partial charge in [-0.05, 0) is 72.7 Å². The maximum absolute atomic E-state index is 13.7. The maximum atomic E-state index is 13.7. The van der Waals surface area contributed by atoms with E-state index in [1.807, 2.05) is 22.6 Å². The Hall–Kier alpha value is -3.52. The van der Waals surface area contributed by atoms with Gasteiger partial charge in [-0.15, -0.1) is 0 Å². The molecular weight excluding hydrogens is 613 g/mol. The van der Waals surface area contributed by atoms with Gasteiger partial charge in [-0.25, -0.2) is 9.79 Å². The van der Waals surface area contributed by atoms with Crippen LogP contribution in [-0.2, 0) is 9.53 Å². The van der Waals surface area contributed by atoms with Crippen LogP contribution in [0.5, 0.6) is 11.5 Å². The van der Waals surface area contributed by atoms with Gasteiger partial charge in [0.25, 0.3) is 11.2 Å². The zero-order valence-electron chi connectivity index (χ0n) is 20.3. The van der Waals surface area contributed by atoms with Crippen molar-refractivity contribution in [2.45, 2.75) is 26.8 Å². The molecule has 37 heavy (non-hydrogen) atoms. The number of benzene rings is 2. The first-order valence-electron chi connectivity index (χ1n) is 11.1. The van der Waals surface area contributed by atoms with E-state index in [0.29, 0.717) is 35.3 Å². The van der Waals surface area contributed by atoms with Crippen LogP contribution in [0, 0.1) is 20.6 Å². The van der Waals surface area contributed by atoms with Crippen molar-refractivity contribution in [3.8, 4) is 11.5 Å². The number of carbonyl (C=O) groups excluding carboxylic acids is 1. The van der Waals surface area contributed by atoms with Crippen molar-refractivity contribution < 1.29 is 24.3 Å². The molecule has 0 unspecified atom stereocenters. The van der Waals surface area contributed by atoms with Crippen LogP contribution in [0.25, 0.3) is 6.08 Å². The highest BCUT2D eigenvalue weighted by Crippen LogP contribution is 2.34. The van der Waals surface area contributed by atoms with Gasteiger partial charge in [0.15, 0.2) is 16.3 Å². The Balaban J connectivity index is 1.99. The smallest absolute Gasteiger partial charge is 0.338 e. The van der Waals surface area contributed by atoms with Crippen molar-refractivity contribution in [2.24, 2.45) is 4.99 Å². The van der Waals surface area contributed by atoms with Crippen LogP contribution in [0.2, 0.25) is 0 Å². The minimum Gasteiger partial charge on any atom is -0.504 e. The van der Waals surface area contributed by atoms with Crippen molar-refractivity contribution in [1.29, 1.82) is 0 Å². The summed E-state index contributed by atoms with van der Waals surface area (Å²) in [7, 11) is 1.43. The number of thiazole rings is 1. The topological polar surface area (TPSA) is 133 Å². The quantitative estimate of drug-likeness (QED) is 0.190. The number of aromatic nitrogens is 1. The van der Waals surface area contributed by atoms with E-state index >= 15 is 0 Å². The van der Waals surface area contributed by atoms with E-state index in [9.17, 15) is 24.8 Å². The first-order valence-corrected chi connectivity index (χ1v) is 13.0. The summed E-state index contributed by atoms with van der Waals surface area (Å²) in [5.74, 6) is -0.391. The molecule has 12 heteroatoms. The summed E-state index contributed by atoms with van der Waals surface area (Å²) in [6.07, 6.45) is 1.64. The third kappa shape index (κ3) is 4.90. The summed E-state index contributed by atoms with van der Waals surface area (Å²) in [5.41, 5.74) is 1.42. The number of carbonyl (C=O) groups is 1. The molecule has 0 radical (unpaired) electrons. The number of fused-ring (bicyclic) bond motifs is 1. The average Bonchev–Trinajstić information content (AvgIpc) is 3.14. The maximum Gasteiger partial charge on any atom is 0.338 e. The highest BCUT2D eigenvalue weighted by Gasteiger charge is 2.34. The van der Waals surface area contributed by atoms with E-state index in [1.165, 1.54) is 17.7 Å². The van der Waals surface area contributed by atoms with E-state index in [2.05, 4.69) is 4.99 Å². The van der Waals surface area contributed by atoms with Crippen molar-refractivity contribution in [1.82, 2.24) is 4.57 Å². The van der Waals surface area contributed by atoms with Gasteiger partial charge in [-0.2, -0.15) is 0 Å². The number of hydrogen-bond donors (Lipinski definition) is 1. The molecule has 10 nitrogen and oxygen atoms in total. The fourth-order valence-electron chi connectivity index (χ4n) is 4.08. The predicted molar refractivity (Wildman–Crippen MR) is 146 cm³/mol. The second-order valence-electron chi connectivity index (χ2n) is 8.16. The summed E-state index contributed by atoms with van der Waals surface area (Å²) in [4.78, 5) is 42.7. The molecule has 192 valence electrons. The van der Waals surface area contributed by atoms with Crippen LogP contribution >= 0.6 is 33.9 Å². The summed E-state index contributed by atoms with van der Waals surface area (Å²) in [5, 5.41) is 21.8. The number of methoxy groups -OCH3 is 1. The highest BCUT2D eigenvalue weighted by atomic mass is 127. The van der Waals surface area contributed by atoms with Crippen molar-refractivity contribution in [2.75, 3.05) is 13.7 Å². The number of allylic oxidation sites excluding steroid dienone is 1. The third-order valence-electron chi connectivity index (χ3n) is 5.83. The molecule has 0 spiro atoms. The molecule has 0 saturated heterocycles. The molecule has 0 bridgehead atoms. The lowest BCUT2D eigenvalue weighted by Gasteiger charge is -2.24. The molecule has 1 aliphatic heterocycles. The van der Waals surface area contributed by atoms with E-state index in [0.717, 1.165) is 11.3 Å². The SMILES string of the molecule is CCOC(=O)C1=C(C)N=c2s/c(=C/c3cc(I)c(O)c(OC)c3)c(=O)n2[C@@H]1c1ccc(C)c([N+](=O)[O-])c1. The number of phenolic OH excluding ortho intramolecular Hbond substituents is 1. The van der Waals surface area contributed by atoms with E-state index < -0.39 is 22.5 Å². The Kier molecular flexibility index (Phi) is 7.50. The lowest BCUT2D eigenvalue weighted by atomic mass is 9.94. The van der Waals surface area contributed by atoms with Crippen molar-refractivity contribution in [3.63, 3.8) is 0 Å². The molecule has 2 heterocycles. The molecule has 0 fully saturated rings. The summed E-state index contributed by atoms with van der Waals surface area (Å²) < 4.78 is 12.7. The Morgan fingerprint density at radius 1 is 1.32 bits per heavy atom. The molecule has 1 N–H and O–H groups in total. The number of nitro benzene ring substituents is 1. The number of aryl methyl sites for hydroxylation is 1. The number of nitrogens with zero attached hydrogens (tertiary/aromatic N) is 3. The first kappa shape index (κ1) is 26.5. The summed E-state index contributed by atoms with van der Waals surface area (Å²) >= 11 is 3.09. The van der Waals surface area contributed by atoms with Crippen LogP contribution in [-0.4, -0.2) is 34.3 Å². The fraction of sp³-hybridized carbons (Fsp3) is 0.240. The largest absolute Gasteiger partial charge is 0.504 e. The molecule has 4 rings (SSSR count). The van der Waals surface area contributed by atoms with Gasteiger partial charge in [-0.3, -0.25) is 19.5 Å². The number of phenols is 1. The zero-order chi connectivity index (χ0) is 27.0. The molecule has 0 aliphatic carbocycles. The Morgan fingerprint density at radius 2 is 2.05 bits per heavy atom. The fourth-order valence-corrected chi connectivity index (χ4v) is 5.76. The second-order valence-corrected chi connectivity index (χ2v) is 10.3. The van der Waals surface area contributed by atoms with Gasteiger partial charge in [0, 0.05) is 11.6 Å². The average molecular weight is 635 g/mol. The minimum absolute atomic E-state index is 0.00243. The van der Waals surface area contributed by atoms with Crippen LogP contribution in [0.3, 0.4) is 0 Å². The predicted octanol–water partition coefficient (Wildman–Crippen LogP) is 3.33. The van der Waals surface area contributed by atoms with E-state index in [1.54, 1.807) is 51.1 Å². The lowest BCUT2D eigenvalue weighted by molar-refractivity contribution is -0.385. The van der Waals surface area contributed by atoms with E-state index in [4.69, 9.17) is 9.47 Å². The van der Waals surface area contributed by atoms with Crippen LogP contribution < -0.4 is 19.6 Å². The Labute approximate surface area is 228 Å². The second kappa shape index (κ2) is 10.5. The Bertz CT molecular complexity index is 1660. The molecule has 0 amide bonds. The van der Waals surface area contributed by atoms with Crippen LogP contribution in [0.15, 0.2) is 51.4 Å². The molecule has 1 atom stereocenters. The van der Waals surface area contributed by atoms with Gasteiger partial charge >= 0.3 is 5.97 Å². The number of nitro groups is 1. The van der Waals surface area contributed by atoms with Gasteiger partial charge in [0.1, 0.15) is 0 Å². The standard InChI is InChI=1S/C25H22IN3O7S/c1-5-36-24(32)20-13(3)27-25-28(21(20)15-7-6-12(2)17(11-15)29(33)34)23(31)19(37-25)10-14-8-16(26)22(30)18(9-14)35-4/h6-11,21,30H,5H2,1-4H3/b19-10+/t21-/m1/s1. The molecule has 0 saturated carbocycles. The number of rotatable bonds is 6. The number of halogens is 1. The molecule has 1 aliphatic rings. The normalized spacial score (nSPS) is 15.3. The molecule has 3 aromatic rings. The monoisotopic (exact) mass is 635 g/mol. The van der Waals surface area contributed by atoms with Crippen molar-refractivity contribution >= 4 is 51.7 Å². The molecule has 2 aromatic carbocycles. The van der Waals surface area contributed by atoms with E-state index in [-0.39, 0.29) is 29.4 Å². The third-order valence-corrected chi connectivity index (χ3v) is 7.64. The first-order chi connectivity index (χ1) is 17.6. The summed E-state index contributed by atoms with van der Waals surface area (Å²) in [6, 6.07) is 6.97. The Morgan fingerprint density at radius 3 is 2.70 bits per heavy atom. The molecular formula is C25H22IN3O7S. The van der Waals surface area contributed by atoms with Gasteiger partial charge < -0.3 is 14.6 Å². The number of hydrogen-bond acceptors (Lipinski definition) is 9. The van der Waals surface area contributed by atoms with Gasteiger partial charge in [-0.1, -0.05) is 23.5 Å². The molecule has 1 aromatic heterocycles. The van der Waals surface area contributed by atoms with Crippen LogP contribution in [0.4, 0.5) is 5.69 Å². The van der Waals surface area contributed by atoms with Gasteiger partial charge in [0.05, 0.1) is 44.1 Å². The number of ether oxygens (including phenoxy) is 2. The number of esters is 1. The van der Waals surface area contributed by atoms with Crippen LogP contribution in [0.1, 0.15) is 36.6 Å². The minimum atomic E-state index is -0.966. The summed E-state index contributed by atoms with van der Waals surface area (Å²) in [6.45, 7) is 5.05. The van der Waals surface area contributed by atoms with Gasteiger partial charge in [0.2, 0.25) is 0 Å². The lowest BCUT2D eigenvalue weighted by Crippen LogP contribution is -2.40.